The summed E-state index contributed by atoms with van der Waals surface area (Å²) in [5, 5.41) is -0.448. The average molecular weight is 335 g/mol. The molecule has 20 heavy (non-hydrogen) atoms. The highest BCUT2D eigenvalue weighted by atomic mass is 35.5. The number of halogens is 3. The fourth-order valence-corrected chi connectivity index (χ4v) is 4.87. The molecule has 0 saturated heterocycles. The Morgan fingerprint density at radius 3 is 2.60 bits per heavy atom. The van der Waals surface area contributed by atoms with Gasteiger partial charge in [0.2, 0.25) is 0 Å². The van der Waals surface area contributed by atoms with E-state index in [1.165, 1.54) is 23.5 Å². The summed E-state index contributed by atoms with van der Waals surface area (Å²) < 4.78 is 39.8. The Morgan fingerprint density at radius 2 is 2.05 bits per heavy atom. The summed E-state index contributed by atoms with van der Waals surface area (Å²) >= 11 is 7.20. The summed E-state index contributed by atoms with van der Waals surface area (Å²) in [6, 6.07) is 6.96. The van der Waals surface area contributed by atoms with Gasteiger partial charge in [-0.15, -0.1) is 11.3 Å². The Hall–Kier alpha value is -0.780. The fraction of sp³-hybridized carbons (Fsp3) is 0.286. The summed E-state index contributed by atoms with van der Waals surface area (Å²) in [6.45, 7) is 1.84. The average Bonchev–Trinajstić information content (AvgIpc) is 2.78. The van der Waals surface area contributed by atoms with Crippen molar-refractivity contribution in [3.63, 3.8) is 0 Å². The van der Waals surface area contributed by atoms with E-state index in [2.05, 4.69) is 0 Å². The van der Waals surface area contributed by atoms with Crippen LogP contribution in [0.25, 0.3) is 0 Å². The van der Waals surface area contributed by atoms with Crippen molar-refractivity contribution < 1.29 is 13.0 Å². The van der Waals surface area contributed by atoms with Gasteiger partial charge in [0, 0.05) is 27.3 Å². The Morgan fingerprint density at radius 1 is 1.30 bits per heavy atom. The van der Waals surface area contributed by atoms with Crippen LogP contribution in [0, 0.1) is 11.6 Å². The number of hydrogen-bond donors (Lipinski definition) is 0. The first-order chi connectivity index (χ1) is 9.51. The molecule has 0 amide bonds. The van der Waals surface area contributed by atoms with Gasteiger partial charge in [-0.05, 0) is 24.6 Å². The molecule has 0 N–H and O–H groups in total. The second-order valence-electron chi connectivity index (χ2n) is 4.29. The minimum atomic E-state index is -1.27. The zero-order chi connectivity index (χ0) is 14.7. The van der Waals surface area contributed by atoms with Crippen LogP contribution in [-0.2, 0) is 16.6 Å². The fourth-order valence-electron chi connectivity index (χ4n) is 1.98. The number of benzene rings is 1. The van der Waals surface area contributed by atoms with E-state index in [9.17, 15) is 13.0 Å². The maximum Gasteiger partial charge on any atom is 0.130 e. The highest BCUT2D eigenvalue weighted by Gasteiger charge is 2.21. The van der Waals surface area contributed by atoms with E-state index in [1.807, 2.05) is 13.0 Å². The van der Waals surface area contributed by atoms with Crippen molar-refractivity contribution >= 4 is 33.7 Å². The summed E-state index contributed by atoms with van der Waals surface area (Å²) in [7, 11) is -1.27. The molecular weight excluding hydrogens is 322 g/mol. The third-order valence-electron chi connectivity index (χ3n) is 2.91. The van der Waals surface area contributed by atoms with Crippen molar-refractivity contribution in [3.8, 4) is 0 Å². The van der Waals surface area contributed by atoms with Gasteiger partial charge in [0.25, 0.3) is 0 Å². The van der Waals surface area contributed by atoms with E-state index >= 15 is 0 Å². The van der Waals surface area contributed by atoms with Crippen LogP contribution in [0.5, 0.6) is 0 Å². The minimum Gasteiger partial charge on any atom is -0.259 e. The van der Waals surface area contributed by atoms with Gasteiger partial charge in [-0.1, -0.05) is 24.6 Å². The van der Waals surface area contributed by atoms with E-state index in [0.717, 1.165) is 10.9 Å². The SMILES string of the molecule is CC[C@@H](c1ccc(F)cc1F)[S@](=O)Cc1ccc(Cl)s1. The van der Waals surface area contributed by atoms with Gasteiger partial charge in [0.1, 0.15) is 11.6 Å². The normalized spacial score (nSPS) is 14.2. The molecule has 108 valence electrons. The second kappa shape index (κ2) is 6.78. The molecule has 2 rings (SSSR count). The second-order valence-corrected chi connectivity index (χ2v) is 7.71. The zero-order valence-electron chi connectivity index (χ0n) is 10.7. The highest BCUT2D eigenvalue weighted by Crippen LogP contribution is 2.30. The Labute approximate surface area is 128 Å². The van der Waals surface area contributed by atoms with Crippen molar-refractivity contribution in [2.75, 3.05) is 0 Å². The van der Waals surface area contributed by atoms with Gasteiger partial charge in [-0.3, -0.25) is 4.21 Å². The molecule has 0 fully saturated rings. The standard InChI is InChI=1S/C14H13ClF2OS2/c1-2-13(11-5-3-9(16)7-12(11)17)20(18)8-10-4-6-14(15)19-10/h3-7,13H,2,8H2,1H3/t13-,20+/m0/s1. The van der Waals surface area contributed by atoms with Gasteiger partial charge in [0.05, 0.1) is 15.3 Å². The lowest BCUT2D eigenvalue weighted by Crippen LogP contribution is -2.09. The summed E-state index contributed by atoms with van der Waals surface area (Å²) in [4.78, 5) is 0.898. The van der Waals surface area contributed by atoms with Crippen molar-refractivity contribution in [2.24, 2.45) is 0 Å². The summed E-state index contributed by atoms with van der Waals surface area (Å²) in [5.41, 5.74) is 0.301. The Bertz CT molecular complexity index is 627. The highest BCUT2D eigenvalue weighted by molar-refractivity contribution is 7.84. The third kappa shape index (κ3) is 3.65. The smallest absolute Gasteiger partial charge is 0.130 e. The molecule has 0 aliphatic rings. The van der Waals surface area contributed by atoms with Crippen LogP contribution in [0.3, 0.4) is 0 Å². The van der Waals surface area contributed by atoms with E-state index in [-0.39, 0.29) is 0 Å². The molecule has 2 aromatic rings. The lowest BCUT2D eigenvalue weighted by Gasteiger charge is -2.15. The van der Waals surface area contributed by atoms with Crippen molar-refractivity contribution in [1.29, 1.82) is 0 Å². The Balaban J connectivity index is 2.20. The molecule has 1 nitrogen and oxygen atoms in total. The van der Waals surface area contributed by atoms with Crippen LogP contribution in [0.15, 0.2) is 30.3 Å². The molecule has 0 bridgehead atoms. The van der Waals surface area contributed by atoms with Crippen LogP contribution >= 0.6 is 22.9 Å². The maximum atomic E-state index is 13.8. The topological polar surface area (TPSA) is 17.1 Å². The number of hydrogen-bond acceptors (Lipinski definition) is 2. The maximum absolute atomic E-state index is 13.8. The van der Waals surface area contributed by atoms with Gasteiger partial charge in [0.15, 0.2) is 0 Å². The zero-order valence-corrected chi connectivity index (χ0v) is 13.1. The molecule has 1 aromatic heterocycles. The first kappa shape index (κ1) is 15.6. The molecule has 0 unspecified atom stereocenters. The molecule has 0 saturated carbocycles. The first-order valence-electron chi connectivity index (χ1n) is 6.07. The molecule has 1 aromatic carbocycles. The monoisotopic (exact) mass is 334 g/mol. The van der Waals surface area contributed by atoms with Gasteiger partial charge in [-0.2, -0.15) is 0 Å². The van der Waals surface area contributed by atoms with Crippen LogP contribution in [0.2, 0.25) is 4.34 Å². The summed E-state index contributed by atoms with van der Waals surface area (Å²) in [6.07, 6.45) is 0.522. The lowest BCUT2D eigenvalue weighted by molar-refractivity contribution is 0.566. The molecule has 6 heteroatoms. The van der Waals surface area contributed by atoms with E-state index in [4.69, 9.17) is 11.6 Å². The van der Waals surface area contributed by atoms with Crippen LogP contribution in [0.4, 0.5) is 8.78 Å². The molecular formula is C14H13ClF2OS2. The number of thiophene rings is 1. The van der Waals surface area contributed by atoms with Crippen LogP contribution < -0.4 is 0 Å². The van der Waals surface area contributed by atoms with Crippen molar-refractivity contribution in [2.45, 2.75) is 24.3 Å². The molecule has 0 radical (unpaired) electrons. The largest absolute Gasteiger partial charge is 0.259 e. The van der Waals surface area contributed by atoms with Crippen LogP contribution in [-0.4, -0.2) is 4.21 Å². The molecule has 2 atom stereocenters. The predicted molar refractivity (Wildman–Crippen MR) is 80.6 cm³/mol. The number of rotatable bonds is 5. The van der Waals surface area contributed by atoms with Crippen LogP contribution in [0.1, 0.15) is 29.0 Å². The van der Waals surface area contributed by atoms with Gasteiger partial charge in [-0.25, -0.2) is 8.78 Å². The van der Waals surface area contributed by atoms with Gasteiger partial charge >= 0.3 is 0 Å². The minimum absolute atomic E-state index is 0.301. The quantitative estimate of drug-likeness (QED) is 0.745. The first-order valence-corrected chi connectivity index (χ1v) is 8.65. The third-order valence-corrected chi connectivity index (χ3v) is 6.14. The van der Waals surface area contributed by atoms with Gasteiger partial charge < -0.3 is 0 Å². The molecule has 0 aliphatic heterocycles. The van der Waals surface area contributed by atoms with Crippen molar-refractivity contribution in [3.05, 3.63) is 56.7 Å². The van der Waals surface area contributed by atoms with E-state index in [0.29, 0.717) is 22.1 Å². The predicted octanol–water partition coefficient (Wildman–Crippen LogP) is 5.08. The Kier molecular flexibility index (Phi) is 5.29. The molecule has 0 aliphatic carbocycles. The van der Waals surface area contributed by atoms with E-state index in [1.54, 1.807) is 6.07 Å². The molecule has 1 heterocycles. The van der Waals surface area contributed by atoms with E-state index < -0.39 is 27.7 Å². The molecule has 0 spiro atoms. The van der Waals surface area contributed by atoms with Crippen molar-refractivity contribution in [1.82, 2.24) is 0 Å². The lowest BCUT2D eigenvalue weighted by atomic mass is 10.1. The summed E-state index contributed by atoms with van der Waals surface area (Å²) in [5.74, 6) is -0.946.